The lowest BCUT2D eigenvalue weighted by molar-refractivity contribution is -0.0620. The number of benzene rings is 1. The SMILES string of the molecule is CC1(C)CCC(c2nc3nccc(C4CCN(C(=O)c5ccc(O)cc5N)CC4)c3[nH]2)CO1. The van der Waals surface area contributed by atoms with E-state index >= 15 is 0 Å². The fourth-order valence-corrected chi connectivity index (χ4v) is 5.01. The monoisotopic (exact) mass is 449 g/mol. The average molecular weight is 450 g/mol. The Kier molecular flexibility index (Phi) is 5.48. The number of nitrogens with two attached hydrogens (primary N) is 1. The molecule has 1 unspecified atom stereocenters. The van der Waals surface area contributed by atoms with Crippen molar-refractivity contribution in [3.05, 3.63) is 47.4 Å². The second-order valence-electron chi connectivity index (χ2n) is 9.87. The number of rotatable bonds is 3. The second kappa shape index (κ2) is 8.33. The minimum Gasteiger partial charge on any atom is -0.508 e. The first-order valence-corrected chi connectivity index (χ1v) is 11.7. The van der Waals surface area contributed by atoms with E-state index in [-0.39, 0.29) is 23.2 Å². The third-order valence-electron chi connectivity index (χ3n) is 7.09. The maximum atomic E-state index is 12.9. The molecule has 0 radical (unpaired) electrons. The lowest BCUT2D eigenvalue weighted by atomic mass is 9.89. The number of likely N-dealkylation sites (tertiary alicyclic amines) is 1. The number of imidazole rings is 1. The molecule has 8 heteroatoms. The number of hydrogen-bond acceptors (Lipinski definition) is 6. The molecule has 3 aromatic rings. The minimum absolute atomic E-state index is 0.0619. The third-order valence-corrected chi connectivity index (χ3v) is 7.09. The molecule has 2 aromatic heterocycles. The summed E-state index contributed by atoms with van der Waals surface area (Å²) in [6.45, 7) is 6.24. The Balaban J connectivity index is 1.30. The van der Waals surface area contributed by atoms with Crippen LogP contribution < -0.4 is 5.73 Å². The highest BCUT2D eigenvalue weighted by atomic mass is 16.5. The molecule has 1 amide bonds. The highest BCUT2D eigenvalue weighted by molar-refractivity contribution is 5.99. The van der Waals surface area contributed by atoms with Crippen LogP contribution in [0.1, 0.15) is 73.1 Å². The van der Waals surface area contributed by atoms with Crippen LogP contribution in [0.2, 0.25) is 0 Å². The molecule has 8 nitrogen and oxygen atoms in total. The van der Waals surface area contributed by atoms with Crippen molar-refractivity contribution < 1.29 is 14.6 Å². The normalized spacial score (nSPS) is 21.4. The van der Waals surface area contributed by atoms with E-state index in [9.17, 15) is 9.90 Å². The van der Waals surface area contributed by atoms with Gasteiger partial charge in [-0.15, -0.1) is 0 Å². The van der Waals surface area contributed by atoms with E-state index in [0.717, 1.165) is 42.7 Å². The summed E-state index contributed by atoms with van der Waals surface area (Å²) in [5, 5.41) is 9.56. The Bertz CT molecular complexity index is 1170. The van der Waals surface area contributed by atoms with Gasteiger partial charge in [0.2, 0.25) is 0 Å². The number of nitrogens with zero attached hydrogens (tertiary/aromatic N) is 3. The van der Waals surface area contributed by atoms with E-state index in [0.29, 0.717) is 36.9 Å². The number of pyridine rings is 1. The first kappa shape index (κ1) is 21.7. The molecular weight excluding hydrogens is 418 g/mol. The number of fused-ring (bicyclic) bond motifs is 1. The van der Waals surface area contributed by atoms with Gasteiger partial charge in [0.05, 0.1) is 23.3 Å². The van der Waals surface area contributed by atoms with Crippen LogP contribution in [0.5, 0.6) is 5.75 Å². The number of hydrogen-bond donors (Lipinski definition) is 3. The number of aromatic nitrogens is 3. The Morgan fingerprint density at radius 1 is 1.21 bits per heavy atom. The van der Waals surface area contributed by atoms with Crippen LogP contribution in [0.25, 0.3) is 11.2 Å². The molecule has 2 fully saturated rings. The molecule has 4 heterocycles. The van der Waals surface area contributed by atoms with Crippen molar-refractivity contribution in [1.29, 1.82) is 0 Å². The number of aromatic amines is 1. The number of carbonyl (C=O) groups excluding carboxylic acids is 1. The van der Waals surface area contributed by atoms with Gasteiger partial charge in [-0.2, -0.15) is 0 Å². The van der Waals surface area contributed by atoms with Gasteiger partial charge in [0.1, 0.15) is 11.6 Å². The number of piperidine rings is 1. The van der Waals surface area contributed by atoms with E-state index < -0.39 is 0 Å². The van der Waals surface area contributed by atoms with E-state index in [1.165, 1.54) is 17.7 Å². The van der Waals surface area contributed by atoms with Crippen LogP contribution in [0.15, 0.2) is 30.5 Å². The largest absolute Gasteiger partial charge is 0.508 e. The zero-order valence-corrected chi connectivity index (χ0v) is 19.2. The van der Waals surface area contributed by atoms with E-state index in [4.69, 9.17) is 15.5 Å². The number of nitrogens with one attached hydrogen (secondary N) is 1. The summed E-state index contributed by atoms with van der Waals surface area (Å²) in [7, 11) is 0. The summed E-state index contributed by atoms with van der Waals surface area (Å²) in [5.41, 5.74) is 9.60. The molecule has 2 aliphatic heterocycles. The molecule has 174 valence electrons. The standard InChI is InChI=1S/C25H31N5O3/c1-25(2)9-5-16(14-33-25)22-28-21-18(6-10-27-23(21)29-22)15-7-11-30(12-8-15)24(32)19-4-3-17(31)13-20(19)26/h3-4,6,10,13,15-16,31H,5,7-9,11-12,14,26H2,1-2H3,(H,27,28,29). The number of H-pyrrole nitrogens is 1. The molecule has 0 aliphatic carbocycles. The molecule has 0 saturated carbocycles. The van der Waals surface area contributed by atoms with Gasteiger partial charge in [-0.05, 0) is 69.2 Å². The van der Waals surface area contributed by atoms with Crippen molar-refractivity contribution in [3.8, 4) is 5.75 Å². The topological polar surface area (TPSA) is 117 Å². The second-order valence-corrected chi connectivity index (χ2v) is 9.87. The van der Waals surface area contributed by atoms with Gasteiger partial charge in [0.25, 0.3) is 5.91 Å². The van der Waals surface area contributed by atoms with Gasteiger partial charge in [0, 0.05) is 37.0 Å². The Hall–Kier alpha value is -3.13. The van der Waals surface area contributed by atoms with Crippen LogP contribution in [-0.2, 0) is 4.74 Å². The Labute approximate surface area is 193 Å². The van der Waals surface area contributed by atoms with E-state index in [1.807, 2.05) is 11.1 Å². The highest BCUT2D eigenvalue weighted by Gasteiger charge is 2.31. The molecule has 1 atom stereocenters. The zero-order valence-electron chi connectivity index (χ0n) is 19.2. The number of amides is 1. The molecule has 4 N–H and O–H groups in total. The predicted molar refractivity (Wildman–Crippen MR) is 126 cm³/mol. The van der Waals surface area contributed by atoms with Crippen molar-refractivity contribution in [3.63, 3.8) is 0 Å². The van der Waals surface area contributed by atoms with Crippen LogP contribution in [0, 0.1) is 0 Å². The maximum Gasteiger partial charge on any atom is 0.255 e. The molecule has 5 rings (SSSR count). The predicted octanol–water partition coefficient (Wildman–Crippen LogP) is 3.94. The number of ether oxygens (including phenoxy) is 1. The first-order chi connectivity index (χ1) is 15.8. The molecular formula is C25H31N5O3. The van der Waals surface area contributed by atoms with Gasteiger partial charge in [-0.25, -0.2) is 9.97 Å². The first-order valence-electron chi connectivity index (χ1n) is 11.7. The van der Waals surface area contributed by atoms with Gasteiger partial charge >= 0.3 is 0 Å². The number of anilines is 1. The van der Waals surface area contributed by atoms with Gasteiger partial charge in [-0.1, -0.05) is 0 Å². The summed E-state index contributed by atoms with van der Waals surface area (Å²) in [4.78, 5) is 27.6. The third kappa shape index (κ3) is 4.27. The lowest BCUT2D eigenvalue weighted by Gasteiger charge is -2.34. The van der Waals surface area contributed by atoms with Gasteiger partial charge < -0.3 is 25.5 Å². The molecule has 0 bridgehead atoms. The van der Waals surface area contributed by atoms with Crippen LogP contribution in [-0.4, -0.2) is 56.2 Å². The summed E-state index contributed by atoms with van der Waals surface area (Å²) in [6, 6.07) is 6.58. The summed E-state index contributed by atoms with van der Waals surface area (Å²) in [6.07, 6.45) is 5.60. The number of aromatic hydroxyl groups is 1. The van der Waals surface area contributed by atoms with Gasteiger partial charge in [0.15, 0.2) is 5.65 Å². The van der Waals surface area contributed by atoms with Crippen molar-refractivity contribution in [2.45, 2.75) is 57.0 Å². The lowest BCUT2D eigenvalue weighted by Crippen LogP contribution is -2.38. The Morgan fingerprint density at radius 2 is 2.00 bits per heavy atom. The minimum atomic E-state index is -0.0881. The fraction of sp³-hybridized carbons (Fsp3) is 0.480. The molecule has 2 saturated heterocycles. The van der Waals surface area contributed by atoms with Crippen molar-refractivity contribution in [1.82, 2.24) is 19.9 Å². The van der Waals surface area contributed by atoms with Gasteiger partial charge in [-0.3, -0.25) is 4.79 Å². The molecule has 2 aliphatic rings. The average Bonchev–Trinajstić information content (AvgIpc) is 3.23. The number of phenolic OH excluding ortho intramolecular Hbond substituents is 1. The summed E-state index contributed by atoms with van der Waals surface area (Å²) in [5.74, 6) is 1.51. The number of nitrogen functional groups attached to an aromatic ring is 1. The van der Waals surface area contributed by atoms with Crippen LogP contribution in [0.3, 0.4) is 0 Å². The highest BCUT2D eigenvalue weighted by Crippen LogP contribution is 2.36. The number of carbonyl (C=O) groups is 1. The van der Waals surface area contributed by atoms with Crippen molar-refractivity contribution >= 4 is 22.8 Å². The Morgan fingerprint density at radius 3 is 2.70 bits per heavy atom. The zero-order chi connectivity index (χ0) is 23.2. The number of phenols is 1. The van der Waals surface area contributed by atoms with Crippen LogP contribution in [0.4, 0.5) is 5.69 Å². The van der Waals surface area contributed by atoms with E-state index in [2.05, 4.69) is 29.9 Å². The van der Waals surface area contributed by atoms with Crippen molar-refractivity contribution in [2.24, 2.45) is 0 Å². The maximum absolute atomic E-state index is 12.9. The quantitative estimate of drug-likeness (QED) is 0.522. The van der Waals surface area contributed by atoms with Crippen molar-refractivity contribution in [2.75, 3.05) is 25.4 Å². The molecule has 0 spiro atoms. The smallest absolute Gasteiger partial charge is 0.255 e. The van der Waals surface area contributed by atoms with E-state index in [1.54, 1.807) is 6.07 Å². The summed E-state index contributed by atoms with van der Waals surface area (Å²) < 4.78 is 6.02. The molecule has 33 heavy (non-hydrogen) atoms. The fourth-order valence-electron chi connectivity index (χ4n) is 5.01. The molecule has 1 aromatic carbocycles. The summed E-state index contributed by atoms with van der Waals surface area (Å²) >= 11 is 0. The van der Waals surface area contributed by atoms with Crippen LogP contribution >= 0.6 is 0 Å².